The van der Waals surface area contributed by atoms with Crippen LogP contribution in [0.3, 0.4) is 0 Å². The second-order valence-corrected chi connectivity index (χ2v) is 13.8. The summed E-state index contributed by atoms with van der Waals surface area (Å²) in [5, 5.41) is 5.51. The van der Waals surface area contributed by atoms with Crippen LogP contribution in [0.4, 0.5) is 9.18 Å². The number of urea groups is 1. The summed E-state index contributed by atoms with van der Waals surface area (Å²) in [4.78, 5) is 30.9. The van der Waals surface area contributed by atoms with Crippen LogP contribution in [0, 0.1) is 23.7 Å². The van der Waals surface area contributed by atoms with Gasteiger partial charge in [0, 0.05) is 51.9 Å². The van der Waals surface area contributed by atoms with E-state index in [0.717, 1.165) is 38.9 Å². The van der Waals surface area contributed by atoms with Gasteiger partial charge in [-0.1, -0.05) is 0 Å². The van der Waals surface area contributed by atoms with Crippen molar-refractivity contribution in [1.82, 2.24) is 30.7 Å². The Hall–Kier alpha value is -1.25. The minimum absolute atomic E-state index is 0.0225. The molecule has 0 aromatic rings. The molecule has 2 aliphatic carbocycles. The van der Waals surface area contributed by atoms with Crippen molar-refractivity contribution in [2.24, 2.45) is 23.7 Å². The van der Waals surface area contributed by atoms with Crippen LogP contribution in [-0.4, -0.2) is 107 Å². The molecule has 38 heavy (non-hydrogen) atoms. The minimum Gasteiger partial charge on any atom is -0.381 e. The first-order valence-corrected chi connectivity index (χ1v) is 15.7. The zero-order valence-electron chi connectivity index (χ0n) is 22.2. The molecule has 5 unspecified atom stereocenters. The first-order valence-electron chi connectivity index (χ1n) is 13.6. The van der Waals surface area contributed by atoms with Crippen LogP contribution in [-0.2, 0) is 19.6 Å². The van der Waals surface area contributed by atoms with Crippen LogP contribution in [0.15, 0.2) is 0 Å². The normalized spacial score (nSPS) is 35.1. The number of nitrogens with zero attached hydrogens (tertiary/aromatic N) is 2. The molecule has 2 aliphatic heterocycles. The lowest BCUT2D eigenvalue weighted by Crippen LogP contribution is -2.58. The van der Waals surface area contributed by atoms with Crippen molar-refractivity contribution < 1.29 is 27.1 Å². The number of hydrogen-bond acceptors (Lipinski definition) is 7. The first-order chi connectivity index (χ1) is 18.0. The third-order valence-electron chi connectivity index (χ3n) is 8.55. The van der Waals surface area contributed by atoms with Gasteiger partial charge in [-0.05, 0) is 57.4 Å². The zero-order valence-corrected chi connectivity index (χ0v) is 23.8. The number of ether oxygens (including phenoxy) is 1. The van der Waals surface area contributed by atoms with E-state index in [1.54, 1.807) is 12.0 Å². The van der Waals surface area contributed by atoms with Crippen molar-refractivity contribution in [3.63, 3.8) is 0 Å². The Morgan fingerprint density at radius 3 is 2.45 bits per heavy atom. The second kappa shape index (κ2) is 12.9. The van der Waals surface area contributed by atoms with Gasteiger partial charge in [0.1, 0.15) is 6.17 Å². The van der Waals surface area contributed by atoms with Crippen molar-refractivity contribution in [3.8, 4) is 0 Å². The molecule has 4 aliphatic rings. The maximum absolute atomic E-state index is 14.8. The largest absolute Gasteiger partial charge is 0.381 e. The number of amides is 3. The van der Waals surface area contributed by atoms with Gasteiger partial charge in [-0.15, -0.1) is 16.4 Å². The molecule has 0 aromatic heterocycles. The molecule has 0 aromatic carbocycles. The summed E-state index contributed by atoms with van der Waals surface area (Å²) in [6, 6.07) is -0.0709. The van der Waals surface area contributed by atoms with Gasteiger partial charge in [0.25, 0.3) is 0 Å². The molecule has 4 N–H and O–H groups in total. The lowest BCUT2D eigenvalue weighted by molar-refractivity contribution is -0.129. The molecule has 11 nitrogen and oxygen atoms in total. The van der Waals surface area contributed by atoms with Crippen molar-refractivity contribution in [3.05, 3.63) is 0 Å². The molecule has 0 spiro atoms. The molecule has 2 heterocycles. The predicted molar refractivity (Wildman–Crippen MR) is 141 cm³/mol. The van der Waals surface area contributed by atoms with Gasteiger partial charge >= 0.3 is 6.03 Å². The average Bonchev–Trinajstić information content (AvgIpc) is 3.31. The number of hydrogen-bond donors (Lipinski definition) is 4. The monoisotopic (exact) mass is 580 g/mol. The van der Waals surface area contributed by atoms with E-state index in [1.807, 2.05) is 7.05 Å². The number of likely N-dealkylation sites (tertiary alicyclic amines) is 1. The van der Waals surface area contributed by atoms with Gasteiger partial charge in [0.05, 0.1) is 23.2 Å². The van der Waals surface area contributed by atoms with Crippen molar-refractivity contribution in [2.75, 3.05) is 52.8 Å². The van der Waals surface area contributed by atoms with Gasteiger partial charge in [-0.3, -0.25) is 20.4 Å². The maximum Gasteiger partial charge on any atom is 0.317 e. The molecule has 218 valence electrons. The Kier molecular flexibility index (Phi) is 10.1. The van der Waals surface area contributed by atoms with E-state index >= 15 is 0 Å². The Bertz CT molecular complexity index is 933. The van der Waals surface area contributed by atoms with Crippen LogP contribution in [0.1, 0.15) is 38.5 Å². The summed E-state index contributed by atoms with van der Waals surface area (Å²) in [5.74, 6) is -1.76. The van der Waals surface area contributed by atoms with Crippen LogP contribution in [0.2, 0.25) is 0 Å². The van der Waals surface area contributed by atoms with E-state index in [2.05, 4.69) is 25.8 Å². The molecule has 0 radical (unpaired) electrons. The number of nitrogens with one attached hydrogen (secondary N) is 4. The fraction of sp³-hybridized carbons (Fsp3) is 0.917. The maximum atomic E-state index is 14.8. The summed E-state index contributed by atoms with van der Waals surface area (Å²) >= 11 is 6.24. The number of hydrazine groups is 1. The Labute approximate surface area is 229 Å². The van der Waals surface area contributed by atoms with Crippen LogP contribution >= 0.6 is 11.6 Å². The summed E-state index contributed by atoms with van der Waals surface area (Å²) in [6.07, 6.45) is 3.55. The fourth-order valence-electron chi connectivity index (χ4n) is 6.19. The van der Waals surface area contributed by atoms with Crippen LogP contribution in [0.5, 0.6) is 0 Å². The summed E-state index contributed by atoms with van der Waals surface area (Å²) in [6.45, 7) is 2.77. The molecule has 3 amide bonds. The van der Waals surface area contributed by atoms with Crippen LogP contribution in [0.25, 0.3) is 0 Å². The van der Waals surface area contributed by atoms with Gasteiger partial charge < -0.3 is 15.0 Å². The van der Waals surface area contributed by atoms with Crippen molar-refractivity contribution in [2.45, 2.75) is 62.2 Å². The summed E-state index contributed by atoms with van der Waals surface area (Å²) in [7, 11) is -0.148. The Morgan fingerprint density at radius 1 is 1.11 bits per heavy atom. The highest BCUT2D eigenvalue weighted by Gasteiger charge is 2.44. The number of alkyl halides is 2. The fourth-order valence-corrected chi connectivity index (χ4v) is 7.76. The smallest absolute Gasteiger partial charge is 0.317 e. The van der Waals surface area contributed by atoms with E-state index in [1.165, 1.54) is 0 Å². The van der Waals surface area contributed by atoms with Gasteiger partial charge in [-0.25, -0.2) is 17.6 Å². The van der Waals surface area contributed by atoms with E-state index in [0.29, 0.717) is 44.5 Å². The van der Waals surface area contributed by atoms with E-state index in [-0.39, 0.29) is 29.7 Å². The number of halogens is 2. The number of sulfonamides is 1. The predicted octanol–water partition coefficient (Wildman–Crippen LogP) is 0.616. The standard InChI is InChI=1S/C24H42ClFN6O5S/c1-31-12-21(28-14-31)17-7-19(22(26)20(25)8-17)23(33)29-30-38(35,36)13-16-10-32(11-16)24(34)27-9-15-3-5-18(37-2)6-4-15/h15-22,28,30H,3-14H2,1-2H3,(H,27,34)(H,29,33). The number of rotatable bonds is 9. The highest BCUT2D eigenvalue weighted by molar-refractivity contribution is 7.89. The van der Waals surface area contributed by atoms with E-state index < -0.39 is 33.4 Å². The summed E-state index contributed by atoms with van der Waals surface area (Å²) in [5.41, 5.74) is 2.21. The molecule has 2 saturated heterocycles. The summed E-state index contributed by atoms with van der Waals surface area (Å²) < 4.78 is 45.3. The third-order valence-corrected chi connectivity index (χ3v) is 10.3. The number of carbonyl (C=O) groups is 2. The van der Waals surface area contributed by atoms with E-state index in [9.17, 15) is 22.4 Å². The first kappa shape index (κ1) is 29.7. The van der Waals surface area contributed by atoms with Crippen LogP contribution < -0.4 is 20.9 Å². The molecular weight excluding hydrogens is 539 g/mol. The Balaban J connectivity index is 1.16. The molecule has 5 atom stereocenters. The van der Waals surface area contributed by atoms with Crippen molar-refractivity contribution >= 4 is 33.6 Å². The SMILES string of the molecule is COC1CCC(CNC(=O)N2CC(CS(=O)(=O)NNC(=O)C3CC(C4CN(C)CN4)CC(Cl)C3F)C2)CC1. The van der Waals surface area contributed by atoms with Gasteiger partial charge in [0.15, 0.2) is 0 Å². The molecule has 4 fully saturated rings. The van der Waals surface area contributed by atoms with E-state index in [4.69, 9.17) is 16.3 Å². The zero-order chi connectivity index (χ0) is 27.4. The molecule has 14 heteroatoms. The topological polar surface area (TPSA) is 132 Å². The van der Waals surface area contributed by atoms with Gasteiger partial charge in [-0.2, -0.15) is 0 Å². The third kappa shape index (κ3) is 7.69. The minimum atomic E-state index is -3.86. The quantitative estimate of drug-likeness (QED) is 0.232. The number of methoxy groups -OCH3 is 1. The second-order valence-electron chi connectivity index (χ2n) is 11.5. The number of likely N-dealkylation sites (N-methyl/N-ethyl adjacent to an activating group) is 1. The highest BCUT2D eigenvalue weighted by atomic mass is 35.5. The Morgan fingerprint density at radius 2 is 1.82 bits per heavy atom. The lowest BCUT2D eigenvalue weighted by Gasteiger charge is -2.39. The average molecular weight is 581 g/mol. The molecule has 4 rings (SSSR count). The molecule has 2 saturated carbocycles. The van der Waals surface area contributed by atoms with Crippen molar-refractivity contribution in [1.29, 1.82) is 0 Å². The highest BCUT2D eigenvalue weighted by Crippen LogP contribution is 2.37. The lowest BCUT2D eigenvalue weighted by atomic mass is 9.76. The number of carbonyl (C=O) groups excluding carboxylic acids is 2. The molecule has 0 bridgehead atoms. The molecular formula is C24H42ClFN6O5S. The van der Waals surface area contributed by atoms with Gasteiger partial charge in [0.2, 0.25) is 15.9 Å².